The first-order valence-corrected chi connectivity index (χ1v) is 25.2. The van der Waals surface area contributed by atoms with Gasteiger partial charge < -0.3 is 29.7 Å². The Morgan fingerprint density at radius 3 is 2.23 bits per heavy atom. The van der Waals surface area contributed by atoms with E-state index in [1.165, 1.54) is 24.3 Å². The van der Waals surface area contributed by atoms with Crippen molar-refractivity contribution in [3.05, 3.63) is 231 Å². The lowest BCUT2D eigenvalue weighted by Crippen LogP contribution is -2.56. The molecule has 1 aromatic heterocycles. The van der Waals surface area contributed by atoms with E-state index in [0.717, 1.165) is 10.4 Å². The van der Waals surface area contributed by atoms with Crippen LogP contribution < -0.4 is 15.0 Å². The number of nitrogens with zero attached hydrogens (tertiary/aromatic N) is 6. The number of rotatable bonds is 14. The van der Waals surface area contributed by atoms with Gasteiger partial charge in [-0.2, -0.15) is 0 Å². The molecule has 2 fully saturated rings. The molecule has 3 N–H and O–H groups in total. The highest BCUT2D eigenvalue weighted by Gasteiger charge is 2.76. The molecule has 78 heavy (non-hydrogen) atoms. The molecule has 3 amide bonds. The summed E-state index contributed by atoms with van der Waals surface area (Å²) < 4.78 is 20.5. The van der Waals surface area contributed by atoms with Crippen LogP contribution in [0.3, 0.4) is 0 Å². The molecule has 0 saturated carbocycles. The van der Waals surface area contributed by atoms with Gasteiger partial charge in [-0.05, 0) is 76.3 Å². The summed E-state index contributed by atoms with van der Waals surface area (Å²) in [4.78, 5) is 77.1. The van der Waals surface area contributed by atoms with E-state index < -0.39 is 77.1 Å². The number of carbonyl (C=O) groups is 4. The summed E-state index contributed by atoms with van der Waals surface area (Å²) in [7, 11) is 0. The molecule has 4 heterocycles. The number of para-hydroxylation sites is 2. The first-order valence-electron chi connectivity index (χ1n) is 25.2. The number of nitro benzene ring substituents is 1. The number of morpholine rings is 1. The molecule has 0 bridgehead atoms. The Hall–Kier alpha value is -9.54. The number of aromatic nitrogens is 3. The van der Waals surface area contributed by atoms with Crippen LogP contribution in [0.2, 0.25) is 0 Å². The lowest BCUT2D eigenvalue weighted by molar-refractivity contribution is -0.384. The van der Waals surface area contributed by atoms with Gasteiger partial charge in [-0.15, -0.1) is 5.10 Å². The Morgan fingerprint density at radius 1 is 0.821 bits per heavy atom. The van der Waals surface area contributed by atoms with Crippen LogP contribution in [0.25, 0.3) is 11.0 Å². The van der Waals surface area contributed by atoms with E-state index in [1.54, 1.807) is 77.5 Å². The standard InChI is InChI=1S/C60H49N7O11/c68-33-34-76-50-25-13-10-22-44(50)55-60(51(56(70)61-36-49(69)40-16-4-1-5-17-40)53-57(71)78-54(42-20-8-3-9-21-42)52(66(53)55)41-18-6-2-7-19-41)45-35-38(15-14-32-64-48-24-12-11-23-46(48)62-63-64)28-31-47(45)65(58(60)72)59(73)77-37-39-26-29-43(30-27-39)67(74)75/h1-13,16-31,35,49,51-55,68-69H,32-34,36-37H2,(H,61,70)/t49-,51+,52+,53+,54-,55-,60+/m0/s1. The fourth-order valence-corrected chi connectivity index (χ4v) is 11.2. The Morgan fingerprint density at radius 2 is 1.50 bits per heavy atom. The fraction of sp³-hybridized carbons (Fsp3) is 0.200. The van der Waals surface area contributed by atoms with Crippen LogP contribution in [0.1, 0.15) is 63.2 Å². The first kappa shape index (κ1) is 50.6. The second kappa shape index (κ2) is 21.6. The highest BCUT2D eigenvalue weighted by molar-refractivity contribution is 6.23. The summed E-state index contributed by atoms with van der Waals surface area (Å²) in [5.74, 6) is 2.23. The molecule has 0 unspecified atom stereocenters. The van der Waals surface area contributed by atoms with Gasteiger partial charge in [-0.3, -0.25) is 29.4 Å². The first-order chi connectivity index (χ1) is 38.1. The number of ether oxygens (including phenoxy) is 3. The van der Waals surface area contributed by atoms with E-state index >= 15 is 19.2 Å². The normalized spacial score (nSPS) is 20.7. The van der Waals surface area contributed by atoms with Crippen molar-refractivity contribution in [2.24, 2.45) is 5.92 Å². The number of fused-ring (bicyclic) bond motifs is 4. The average molecular weight is 1040 g/mol. The third-order valence-electron chi connectivity index (χ3n) is 14.5. The highest BCUT2D eigenvalue weighted by Crippen LogP contribution is 2.66. The van der Waals surface area contributed by atoms with Crippen LogP contribution in [-0.2, 0) is 42.4 Å². The zero-order valence-corrected chi connectivity index (χ0v) is 41.6. The van der Waals surface area contributed by atoms with Crippen molar-refractivity contribution in [2.75, 3.05) is 24.7 Å². The molecule has 3 aliphatic rings. The van der Waals surface area contributed by atoms with Crippen molar-refractivity contribution >= 4 is 46.3 Å². The molecule has 1 spiro atoms. The quantitative estimate of drug-likeness (QED) is 0.0412. The monoisotopic (exact) mass is 1040 g/mol. The van der Waals surface area contributed by atoms with Crippen LogP contribution in [0, 0.1) is 27.9 Å². The van der Waals surface area contributed by atoms with E-state index in [4.69, 9.17) is 14.2 Å². The fourth-order valence-electron chi connectivity index (χ4n) is 11.2. The predicted molar refractivity (Wildman–Crippen MR) is 283 cm³/mol. The second-order valence-corrected chi connectivity index (χ2v) is 18.9. The topological polar surface area (TPSA) is 229 Å². The zero-order chi connectivity index (χ0) is 53.9. The van der Waals surface area contributed by atoms with Crippen LogP contribution in [0.15, 0.2) is 182 Å². The van der Waals surface area contributed by atoms with E-state index in [9.17, 15) is 20.3 Å². The lowest BCUT2D eigenvalue weighted by Gasteiger charge is -2.46. The number of cyclic esters (lactones) is 1. The molecule has 11 rings (SSSR count). The number of hydrogen-bond donors (Lipinski definition) is 3. The Kier molecular flexibility index (Phi) is 14.0. The van der Waals surface area contributed by atoms with Crippen molar-refractivity contribution in [1.82, 2.24) is 25.2 Å². The van der Waals surface area contributed by atoms with Gasteiger partial charge in [0.15, 0.2) is 0 Å². The Labute approximate surface area is 446 Å². The maximum atomic E-state index is 16.8. The summed E-state index contributed by atoms with van der Waals surface area (Å²) in [6.45, 7) is -1.22. The Balaban J connectivity index is 1.15. The molecular weight excluding hydrogens is 995 g/mol. The Bertz CT molecular complexity index is 3630. The molecule has 7 aromatic carbocycles. The number of carbonyl (C=O) groups excluding carboxylic acids is 4. The lowest BCUT2D eigenvalue weighted by atomic mass is 9.65. The van der Waals surface area contributed by atoms with Crippen molar-refractivity contribution < 1.29 is 48.5 Å². The van der Waals surface area contributed by atoms with Crippen LogP contribution >= 0.6 is 0 Å². The molecule has 7 atom stereocenters. The number of nitro groups is 1. The number of amides is 3. The molecule has 0 aliphatic carbocycles. The molecule has 390 valence electrons. The number of anilines is 1. The van der Waals surface area contributed by atoms with Gasteiger partial charge in [-0.25, -0.2) is 14.4 Å². The molecule has 0 radical (unpaired) electrons. The summed E-state index contributed by atoms with van der Waals surface area (Å²) in [5, 5.41) is 44.7. The van der Waals surface area contributed by atoms with Gasteiger partial charge in [0.2, 0.25) is 11.8 Å². The largest absolute Gasteiger partial charge is 0.491 e. The summed E-state index contributed by atoms with van der Waals surface area (Å²) in [5.41, 5.74) is 1.95. The summed E-state index contributed by atoms with van der Waals surface area (Å²) >= 11 is 0. The van der Waals surface area contributed by atoms with E-state index in [-0.39, 0.29) is 49.0 Å². The van der Waals surface area contributed by atoms with Crippen molar-refractivity contribution in [2.45, 2.75) is 48.9 Å². The van der Waals surface area contributed by atoms with E-state index in [2.05, 4.69) is 27.5 Å². The molecular formula is C60H49N7O11. The van der Waals surface area contributed by atoms with E-state index in [0.29, 0.717) is 38.9 Å². The van der Waals surface area contributed by atoms with Crippen molar-refractivity contribution in [3.63, 3.8) is 0 Å². The molecule has 3 aliphatic heterocycles. The van der Waals surface area contributed by atoms with Crippen LogP contribution in [0.4, 0.5) is 16.2 Å². The number of esters is 1. The molecule has 18 heteroatoms. The highest BCUT2D eigenvalue weighted by atomic mass is 16.6. The van der Waals surface area contributed by atoms with Gasteiger partial charge in [-0.1, -0.05) is 138 Å². The minimum Gasteiger partial charge on any atom is -0.491 e. The number of nitrogens with one attached hydrogen (secondary N) is 1. The average Bonchev–Trinajstić information content (AvgIpc) is 4.22. The van der Waals surface area contributed by atoms with Gasteiger partial charge >= 0.3 is 12.1 Å². The molecule has 2 saturated heterocycles. The molecule has 18 nitrogen and oxygen atoms in total. The number of imide groups is 1. The van der Waals surface area contributed by atoms with Gasteiger partial charge in [0.05, 0.1) is 46.8 Å². The number of aliphatic hydroxyl groups is 2. The zero-order valence-electron chi connectivity index (χ0n) is 41.6. The van der Waals surface area contributed by atoms with Gasteiger partial charge in [0, 0.05) is 29.8 Å². The number of benzene rings is 7. The van der Waals surface area contributed by atoms with Crippen molar-refractivity contribution in [1.29, 1.82) is 0 Å². The maximum Gasteiger partial charge on any atom is 0.421 e. The summed E-state index contributed by atoms with van der Waals surface area (Å²) in [6, 6.07) is 47.6. The third-order valence-corrected chi connectivity index (χ3v) is 14.5. The number of hydrogen-bond acceptors (Lipinski definition) is 14. The second-order valence-electron chi connectivity index (χ2n) is 18.9. The molecule has 8 aromatic rings. The van der Waals surface area contributed by atoms with Crippen LogP contribution in [-0.4, -0.2) is 84.7 Å². The van der Waals surface area contributed by atoms with Crippen LogP contribution in [0.5, 0.6) is 5.75 Å². The SMILES string of the molecule is O=C1O[C@@H](c2ccccc2)[C@@H](c2ccccc2)N2[C@@H](c3ccccc3OCCO)[C@]3(C(=O)N(C(=O)OCc4ccc([N+](=O)[O-])cc4)c4ccc(C#CCn5nnc6ccccc65)cc43)[C@@H](C(=O)NC[C@H](O)c3ccccc3)[C@H]12. The summed E-state index contributed by atoms with van der Waals surface area (Å²) in [6.07, 6.45) is -3.41. The van der Waals surface area contributed by atoms with Gasteiger partial charge in [0.1, 0.15) is 48.6 Å². The third kappa shape index (κ3) is 9.15. The number of non-ortho nitro benzene ring substituents is 1. The van der Waals surface area contributed by atoms with Crippen molar-refractivity contribution in [3.8, 4) is 17.6 Å². The smallest absolute Gasteiger partial charge is 0.421 e. The van der Waals surface area contributed by atoms with E-state index in [1.807, 2.05) is 89.8 Å². The number of aliphatic hydroxyl groups excluding tert-OH is 2. The maximum absolute atomic E-state index is 16.8. The minimum atomic E-state index is -2.27. The minimum absolute atomic E-state index is 0.0199. The predicted octanol–water partition coefficient (Wildman–Crippen LogP) is 7.61. The van der Waals surface area contributed by atoms with Gasteiger partial charge in [0.25, 0.3) is 5.69 Å².